The smallest absolute Gasteiger partial charge is 0.373 e. The molecular weight excluding hydrogens is 331 g/mol. The zero-order valence-electron chi connectivity index (χ0n) is 9.05. The summed E-state index contributed by atoms with van der Waals surface area (Å²) in [5.41, 5.74) is 0.846. The number of aromatic nitrogens is 2. The zero-order chi connectivity index (χ0) is 13.3. The van der Waals surface area contributed by atoms with Crippen LogP contribution >= 0.6 is 27.3 Å². The molecule has 2 aromatic heterocycles. The van der Waals surface area contributed by atoms with Crippen LogP contribution in [0.1, 0.15) is 5.82 Å². The highest BCUT2D eigenvalue weighted by Crippen LogP contribution is 2.34. The lowest BCUT2D eigenvalue weighted by Gasteiger charge is -2.09. The number of nitrogens with zero attached hydrogens (tertiary/aromatic N) is 2. The van der Waals surface area contributed by atoms with E-state index in [1.54, 1.807) is 10.8 Å². The van der Waals surface area contributed by atoms with Gasteiger partial charge < -0.3 is 5.32 Å². The van der Waals surface area contributed by atoms with Gasteiger partial charge in [-0.25, -0.2) is 9.97 Å². The largest absolute Gasteiger partial charge is 0.451 e. The minimum absolute atomic E-state index is 0.130. The molecule has 2 aromatic rings. The number of alkyl halides is 3. The first-order chi connectivity index (χ1) is 8.41. The summed E-state index contributed by atoms with van der Waals surface area (Å²) in [5.74, 6) is -1.02. The Morgan fingerprint density at radius 2 is 2.00 bits per heavy atom. The summed E-state index contributed by atoms with van der Waals surface area (Å²) in [6, 6.07) is 1.47. The lowest BCUT2D eigenvalue weighted by Crippen LogP contribution is -2.13. The molecular formula is C10H7BrF3N3S. The molecule has 0 aliphatic heterocycles. The summed E-state index contributed by atoms with van der Waals surface area (Å²) in [6.45, 7) is 0. The van der Waals surface area contributed by atoms with Crippen molar-refractivity contribution in [2.24, 2.45) is 0 Å². The zero-order valence-corrected chi connectivity index (χ0v) is 11.4. The second-order valence-corrected chi connectivity index (χ2v) is 4.94. The highest BCUT2D eigenvalue weighted by atomic mass is 79.9. The summed E-state index contributed by atoms with van der Waals surface area (Å²) in [4.78, 5) is 6.96. The van der Waals surface area contributed by atoms with Crippen LogP contribution < -0.4 is 5.32 Å². The van der Waals surface area contributed by atoms with Crippen LogP contribution in [0.2, 0.25) is 0 Å². The van der Waals surface area contributed by atoms with Crippen molar-refractivity contribution in [2.75, 3.05) is 12.4 Å². The van der Waals surface area contributed by atoms with Gasteiger partial charge in [0.05, 0.1) is 5.69 Å². The van der Waals surface area contributed by atoms with Gasteiger partial charge in [0.1, 0.15) is 5.82 Å². The van der Waals surface area contributed by atoms with Crippen LogP contribution in [0, 0.1) is 0 Å². The first-order valence-corrected chi connectivity index (χ1v) is 6.51. The SMILES string of the molecule is CNc1cc(-c2cscc2Br)nc(C(F)(F)F)n1. The Hall–Kier alpha value is -1.15. The lowest BCUT2D eigenvalue weighted by atomic mass is 10.2. The van der Waals surface area contributed by atoms with Gasteiger partial charge >= 0.3 is 6.18 Å². The summed E-state index contributed by atoms with van der Waals surface area (Å²) >= 11 is 4.65. The highest BCUT2D eigenvalue weighted by Gasteiger charge is 2.35. The number of thiophene rings is 1. The van der Waals surface area contributed by atoms with Gasteiger partial charge in [0.25, 0.3) is 0 Å². The molecule has 1 N–H and O–H groups in total. The van der Waals surface area contributed by atoms with Crippen molar-refractivity contribution in [2.45, 2.75) is 6.18 Å². The number of nitrogens with one attached hydrogen (secondary N) is 1. The van der Waals surface area contributed by atoms with Crippen molar-refractivity contribution in [3.8, 4) is 11.3 Å². The van der Waals surface area contributed by atoms with Crippen molar-refractivity contribution in [3.05, 3.63) is 27.1 Å². The number of rotatable bonds is 2. The van der Waals surface area contributed by atoms with E-state index in [1.165, 1.54) is 24.5 Å². The van der Waals surface area contributed by atoms with Gasteiger partial charge in [-0.2, -0.15) is 24.5 Å². The predicted octanol–water partition coefficient (Wildman–Crippen LogP) is 4.03. The molecule has 0 aromatic carbocycles. The van der Waals surface area contributed by atoms with E-state index in [9.17, 15) is 13.2 Å². The molecule has 8 heteroatoms. The third kappa shape index (κ3) is 2.64. The van der Waals surface area contributed by atoms with E-state index in [2.05, 4.69) is 31.2 Å². The van der Waals surface area contributed by atoms with Crippen molar-refractivity contribution < 1.29 is 13.2 Å². The maximum atomic E-state index is 12.7. The Bertz CT molecular complexity index is 568. The van der Waals surface area contributed by atoms with E-state index in [0.717, 1.165) is 0 Å². The molecule has 18 heavy (non-hydrogen) atoms. The molecule has 0 bridgehead atoms. The minimum atomic E-state index is -4.57. The summed E-state index contributed by atoms with van der Waals surface area (Å²) < 4.78 is 38.7. The van der Waals surface area contributed by atoms with E-state index in [-0.39, 0.29) is 11.5 Å². The fraction of sp³-hybridized carbons (Fsp3) is 0.200. The Morgan fingerprint density at radius 1 is 1.28 bits per heavy atom. The van der Waals surface area contributed by atoms with E-state index in [0.29, 0.717) is 10.0 Å². The van der Waals surface area contributed by atoms with Crippen LogP contribution in [0.15, 0.2) is 21.3 Å². The van der Waals surface area contributed by atoms with Crippen LogP contribution in [-0.2, 0) is 6.18 Å². The van der Waals surface area contributed by atoms with Gasteiger partial charge in [0, 0.05) is 33.9 Å². The molecule has 0 unspecified atom stereocenters. The molecule has 0 atom stereocenters. The van der Waals surface area contributed by atoms with E-state index >= 15 is 0 Å². The fourth-order valence-electron chi connectivity index (χ4n) is 1.30. The molecule has 2 rings (SSSR count). The van der Waals surface area contributed by atoms with E-state index in [4.69, 9.17) is 0 Å². The third-order valence-electron chi connectivity index (χ3n) is 2.13. The van der Waals surface area contributed by atoms with Gasteiger partial charge in [0.2, 0.25) is 5.82 Å². The molecule has 0 saturated carbocycles. The fourth-order valence-corrected chi connectivity index (χ4v) is 2.80. The molecule has 0 aliphatic carbocycles. The normalized spacial score (nSPS) is 11.6. The Balaban J connectivity index is 2.58. The Labute approximate surface area is 113 Å². The second-order valence-electron chi connectivity index (χ2n) is 3.34. The molecule has 0 aliphatic rings. The molecule has 0 fully saturated rings. The average Bonchev–Trinajstić information content (AvgIpc) is 2.73. The molecule has 0 saturated heterocycles. The van der Waals surface area contributed by atoms with Gasteiger partial charge in [-0.3, -0.25) is 0 Å². The number of halogens is 4. The third-order valence-corrected chi connectivity index (χ3v) is 3.83. The first kappa shape index (κ1) is 13.3. The first-order valence-electron chi connectivity index (χ1n) is 4.78. The molecule has 0 spiro atoms. The van der Waals surface area contributed by atoms with Gasteiger partial charge in [0.15, 0.2) is 0 Å². The molecule has 2 heterocycles. The minimum Gasteiger partial charge on any atom is -0.373 e. The van der Waals surface area contributed by atoms with Crippen LogP contribution in [0.5, 0.6) is 0 Å². The van der Waals surface area contributed by atoms with Crippen LogP contribution in [0.25, 0.3) is 11.3 Å². The molecule has 0 radical (unpaired) electrons. The summed E-state index contributed by atoms with van der Waals surface area (Å²) in [7, 11) is 1.51. The summed E-state index contributed by atoms with van der Waals surface area (Å²) in [5, 5.41) is 6.11. The van der Waals surface area contributed by atoms with Crippen LogP contribution in [-0.4, -0.2) is 17.0 Å². The van der Waals surface area contributed by atoms with E-state index in [1.807, 2.05) is 0 Å². The molecule has 96 valence electrons. The van der Waals surface area contributed by atoms with E-state index < -0.39 is 12.0 Å². The maximum Gasteiger partial charge on any atom is 0.451 e. The standard InChI is InChI=1S/C10H7BrF3N3S/c1-15-8-2-7(5-3-18-4-6(5)11)16-9(17-8)10(12,13)14/h2-4H,1H3,(H,15,16,17). The number of anilines is 1. The Morgan fingerprint density at radius 3 is 2.50 bits per heavy atom. The number of hydrogen-bond donors (Lipinski definition) is 1. The average molecular weight is 338 g/mol. The maximum absolute atomic E-state index is 12.7. The van der Waals surface area contributed by atoms with Gasteiger partial charge in [-0.15, -0.1) is 0 Å². The van der Waals surface area contributed by atoms with Crippen LogP contribution in [0.4, 0.5) is 19.0 Å². The Kier molecular flexibility index (Phi) is 3.58. The predicted molar refractivity (Wildman–Crippen MR) is 67.6 cm³/mol. The molecule has 0 amide bonds. The number of hydrogen-bond acceptors (Lipinski definition) is 4. The summed E-state index contributed by atoms with van der Waals surface area (Å²) in [6.07, 6.45) is -4.57. The van der Waals surface area contributed by atoms with Crippen molar-refractivity contribution >= 4 is 33.1 Å². The topological polar surface area (TPSA) is 37.8 Å². The van der Waals surface area contributed by atoms with Gasteiger partial charge in [-0.05, 0) is 15.9 Å². The quantitative estimate of drug-likeness (QED) is 0.899. The van der Waals surface area contributed by atoms with Crippen molar-refractivity contribution in [1.29, 1.82) is 0 Å². The molecule has 3 nitrogen and oxygen atoms in total. The van der Waals surface area contributed by atoms with Crippen LogP contribution in [0.3, 0.4) is 0 Å². The highest BCUT2D eigenvalue weighted by molar-refractivity contribution is 9.10. The van der Waals surface area contributed by atoms with Gasteiger partial charge in [-0.1, -0.05) is 0 Å². The van der Waals surface area contributed by atoms with Crippen molar-refractivity contribution in [1.82, 2.24) is 9.97 Å². The monoisotopic (exact) mass is 337 g/mol. The van der Waals surface area contributed by atoms with Crippen molar-refractivity contribution in [3.63, 3.8) is 0 Å². The lowest BCUT2D eigenvalue weighted by molar-refractivity contribution is -0.144. The second kappa shape index (κ2) is 4.85.